The molecule has 106 valence electrons. The fourth-order valence-electron chi connectivity index (χ4n) is 1.27. The Labute approximate surface area is 121 Å². The number of esters is 1. The summed E-state index contributed by atoms with van der Waals surface area (Å²) in [6, 6.07) is 4.99. The summed E-state index contributed by atoms with van der Waals surface area (Å²) in [6.45, 7) is 0.231. The van der Waals surface area contributed by atoms with Gasteiger partial charge in [0.2, 0.25) is 0 Å². The van der Waals surface area contributed by atoms with Crippen LogP contribution in [0.2, 0.25) is 10.0 Å². The molecular weight excluding hydrogens is 293 g/mol. The lowest BCUT2D eigenvalue weighted by Gasteiger charge is -2.14. The number of hydrogen-bond acceptors (Lipinski definition) is 5. The van der Waals surface area contributed by atoms with Crippen LogP contribution in [-0.2, 0) is 9.53 Å². The van der Waals surface area contributed by atoms with Gasteiger partial charge in [-0.3, -0.25) is 4.79 Å². The van der Waals surface area contributed by atoms with Crippen molar-refractivity contribution < 1.29 is 19.4 Å². The molecular formula is C12H15Cl2NO4. The zero-order chi connectivity index (χ0) is 14.3. The number of para-hydroxylation sites is 1. The molecule has 0 fully saturated rings. The van der Waals surface area contributed by atoms with Crippen LogP contribution < -0.4 is 10.1 Å². The topological polar surface area (TPSA) is 67.8 Å². The average Bonchev–Trinajstić information content (AvgIpc) is 2.38. The second-order valence-electron chi connectivity index (χ2n) is 3.72. The number of aliphatic hydroxyl groups is 1. The molecule has 0 bridgehead atoms. The number of rotatable bonds is 7. The lowest BCUT2D eigenvalue weighted by Crippen LogP contribution is -2.34. The minimum Gasteiger partial charge on any atom is -0.488 e. The molecule has 0 aliphatic carbocycles. The SMILES string of the molecule is COC(=O)CNCC(O)COc1c(Cl)cccc1Cl. The predicted octanol–water partition coefficient (Wildman–Crippen LogP) is 1.50. The van der Waals surface area contributed by atoms with Gasteiger partial charge in [0.25, 0.3) is 0 Å². The van der Waals surface area contributed by atoms with E-state index in [4.69, 9.17) is 27.9 Å². The third kappa shape index (κ3) is 5.65. The summed E-state index contributed by atoms with van der Waals surface area (Å²) in [5.41, 5.74) is 0. The van der Waals surface area contributed by atoms with Crippen LogP contribution in [-0.4, -0.2) is 44.0 Å². The van der Waals surface area contributed by atoms with Crippen molar-refractivity contribution in [2.75, 3.05) is 26.8 Å². The average molecular weight is 308 g/mol. The Morgan fingerprint density at radius 1 is 1.42 bits per heavy atom. The van der Waals surface area contributed by atoms with Gasteiger partial charge in [-0.1, -0.05) is 29.3 Å². The molecule has 0 saturated carbocycles. The van der Waals surface area contributed by atoms with Crippen LogP contribution in [0.3, 0.4) is 0 Å². The number of carbonyl (C=O) groups is 1. The molecule has 0 spiro atoms. The van der Waals surface area contributed by atoms with E-state index in [1.807, 2.05) is 0 Å². The molecule has 1 rings (SSSR count). The number of aliphatic hydroxyl groups excluding tert-OH is 1. The molecule has 0 heterocycles. The van der Waals surface area contributed by atoms with Crippen LogP contribution in [0.25, 0.3) is 0 Å². The summed E-state index contributed by atoms with van der Waals surface area (Å²) < 4.78 is 9.79. The Hall–Kier alpha value is -1.01. The quantitative estimate of drug-likeness (QED) is 0.747. The highest BCUT2D eigenvalue weighted by molar-refractivity contribution is 6.37. The van der Waals surface area contributed by atoms with E-state index in [1.54, 1.807) is 18.2 Å². The third-order valence-electron chi connectivity index (χ3n) is 2.22. The van der Waals surface area contributed by atoms with Gasteiger partial charge in [0, 0.05) is 6.54 Å². The Morgan fingerprint density at radius 2 is 2.05 bits per heavy atom. The summed E-state index contributed by atoms with van der Waals surface area (Å²) >= 11 is 11.8. The number of methoxy groups -OCH3 is 1. The molecule has 0 amide bonds. The van der Waals surface area contributed by atoms with E-state index in [0.717, 1.165) is 0 Å². The van der Waals surface area contributed by atoms with E-state index in [1.165, 1.54) is 7.11 Å². The Kier molecular flexibility index (Phi) is 6.94. The van der Waals surface area contributed by atoms with Gasteiger partial charge in [0.1, 0.15) is 12.7 Å². The summed E-state index contributed by atoms with van der Waals surface area (Å²) in [6.07, 6.45) is -0.794. The van der Waals surface area contributed by atoms with Crippen LogP contribution in [0, 0.1) is 0 Å². The van der Waals surface area contributed by atoms with Gasteiger partial charge in [-0.2, -0.15) is 0 Å². The van der Waals surface area contributed by atoms with Crippen LogP contribution >= 0.6 is 23.2 Å². The highest BCUT2D eigenvalue weighted by atomic mass is 35.5. The molecule has 0 aliphatic rings. The standard InChI is InChI=1S/C12H15Cl2NO4/c1-18-11(17)6-15-5-8(16)7-19-12-9(13)3-2-4-10(12)14/h2-4,8,15-16H,5-7H2,1H3. The van der Waals surface area contributed by atoms with Crippen molar-refractivity contribution in [1.82, 2.24) is 5.32 Å². The van der Waals surface area contributed by atoms with Gasteiger partial charge in [-0.25, -0.2) is 0 Å². The normalized spacial score (nSPS) is 12.0. The van der Waals surface area contributed by atoms with E-state index >= 15 is 0 Å². The van der Waals surface area contributed by atoms with Crippen molar-refractivity contribution in [3.63, 3.8) is 0 Å². The van der Waals surface area contributed by atoms with Gasteiger partial charge in [-0.15, -0.1) is 0 Å². The molecule has 1 unspecified atom stereocenters. The minimum atomic E-state index is -0.794. The second kappa shape index (κ2) is 8.22. The van der Waals surface area contributed by atoms with Crippen LogP contribution in [0.4, 0.5) is 0 Å². The van der Waals surface area contributed by atoms with Crippen molar-refractivity contribution >= 4 is 29.2 Å². The lowest BCUT2D eigenvalue weighted by atomic mass is 10.3. The van der Waals surface area contributed by atoms with Crippen molar-refractivity contribution in [1.29, 1.82) is 0 Å². The van der Waals surface area contributed by atoms with E-state index in [2.05, 4.69) is 10.1 Å². The smallest absolute Gasteiger partial charge is 0.319 e. The number of hydrogen-bond donors (Lipinski definition) is 2. The van der Waals surface area contributed by atoms with Gasteiger partial charge < -0.3 is 19.9 Å². The predicted molar refractivity (Wildman–Crippen MR) is 72.8 cm³/mol. The Bertz CT molecular complexity index is 408. The summed E-state index contributed by atoms with van der Waals surface area (Å²) in [5, 5.41) is 13.1. The maximum atomic E-state index is 10.8. The molecule has 0 aliphatic heterocycles. The first-order valence-corrected chi connectivity index (χ1v) is 6.32. The van der Waals surface area contributed by atoms with E-state index in [0.29, 0.717) is 15.8 Å². The van der Waals surface area contributed by atoms with Gasteiger partial charge >= 0.3 is 5.97 Å². The molecule has 0 radical (unpaired) electrons. The fourth-order valence-corrected chi connectivity index (χ4v) is 1.78. The first-order chi connectivity index (χ1) is 9.04. The maximum Gasteiger partial charge on any atom is 0.319 e. The zero-order valence-corrected chi connectivity index (χ0v) is 11.9. The van der Waals surface area contributed by atoms with E-state index in [-0.39, 0.29) is 19.7 Å². The molecule has 1 aromatic carbocycles. The number of carbonyl (C=O) groups excluding carboxylic acids is 1. The lowest BCUT2D eigenvalue weighted by molar-refractivity contribution is -0.139. The van der Waals surface area contributed by atoms with E-state index in [9.17, 15) is 9.90 Å². The number of ether oxygens (including phenoxy) is 2. The highest BCUT2D eigenvalue weighted by Gasteiger charge is 2.10. The summed E-state index contributed by atoms with van der Waals surface area (Å²) in [5.74, 6) is -0.0693. The third-order valence-corrected chi connectivity index (χ3v) is 2.81. The van der Waals surface area contributed by atoms with Crippen LogP contribution in [0.15, 0.2) is 18.2 Å². The molecule has 19 heavy (non-hydrogen) atoms. The molecule has 1 aromatic rings. The van der Waals surface area contributed by atoms with Crippen LogP contribution in [0.5, 0.6) is 5.75 Å². The number of halogens is 2. The number of benzene rings is 1. The minimum absolute atomic E-state index is 0.0115. The zero-order valence-electron chi connectivity index (χ0n) is 10.4. The molecule has 0 saturated heterocycles. The van der Waals surface area contributed by atoms with E-state index < -0.39 is 12.1 Å². The van der Waals surface area contributed by atoms with Gasteiger partial charge in [-0.05, 0) is 12.1 Å². The second-order valence-corrected chi connectivity index (χ2v) is 4.54. The van der Waals surface area contributed by atoms with Crippen molar-refractivity contribution in [3.05, 3.63) is 28.2 Å². The van der Waals surface area contributed by atoms with Crippen molar-refractivity contribution in [3.8, 4) is 5.75 Å². The maximum absolute atomic E-state index is 10.8. The number of nitrogens with one attached hydrogen (secondary N) is 1. The summed E-state index contributed by atoms with van der Waals surface area (Å²) in [7, 11) is 1.29. The largest absolute Gasteiger partial charge is 0.488 e. The van der Waals surface area contributed by atoms with Gasteiger partial charge in [0.15, 0.2) is 5.75 Å². The molecule has 0 aromatic heterocycles. The fraction of sp³-hybridized carbons (Fsp3) is 0.417. The van der Waals surface area contributed by atoms with Gasteiger partial charge in [0.05, 0.1) is 23.7 Å². The van der Waals surface area contributed by atoms with Crippen LogP contribution in [0.1, 0.15) is 0 Å². The molecule has 5 nitrogen and oxygen atoms in total. The first kappa shape index (κ1) is 16.0. The Balaban J connectivity index is 2.34. The molecule has 7 heteroatoms. The highest BCUT2D eigenvalue weighted by Crippen LogP contribution is 2.32. The first-order valence-electron chi connectivity index (χ1n) is 5.57. The monoisotopic (exact) mass is 307 g/mol. The Morgan fingerprint density at radius 3 is 2.63 bits per heavy atom. The van der Waals surface area contributed by atoms with Crippen molar-refractivity contribution in [2.24, 2.45) is 0 Å². The van der Waals surface area contributed by atoms with Crippen molar-refractivity contribution in [2.45, 2.75) is 6.10 Å². The molecule has 1 atom stereocenters. The summed E-state index contributed by atoms with van der Waals surface area (Å²) in [4.78, 5) is 10.8. The molecule has 2 N–H and O–H groups in total.